The van der Waals surface area contributed by atoms with Gasteiger partial charge in [0.2, 0.25) is 5.91 Å². The Balaban J connectivity index is 2.09. The summed E-state index contributed by atoms with van der Waals surface area (Å²) >= 11 is 0. The Morgan fingerprint density at radius 1 is 1.33 bits per heavy atom. The molecule has 1 amide bonds. The summed E-state index contributed by atoms with van der Waals surface area (Å²) in [4.78, 5) is 11.5. The van der Waals surface area contributed by atoms with Gasteiger partial charge in [0.15, 0.2) is 11.6 Å². The lowest BCUT2D eigenvalue weighted by Gasteiger charge is -2.24. The minimum atomic E-state index is -0.995. The van der Waals surface area contributed by atoms with E-state index < -0.39 is 11.6 Å². The molecule has 0 aromatic heterocycles. The molecule has 0 radical (unpaired) electrons. The van der Waals surface area contributed by atoms with Gasteiger partial charge in [0, 0.05) is 5.92 Å². The Kier molecular flexibility index (Phi) is 2.66. The van der Waals surface area contributed by atoms with Crippen LogP contribution in [0.25, 0.3) is 0 Å². The maximum atomic E-state index is 13.2. The van der Waals surface area contributed by atoms with Crippen molar-refractivity contribution in [2.24, 2.45) is 5.92 Å². The van der Waals surface area contributed by atoms with Gasteiger partial charge < -0.3 is 5.32 Å². The summed E-state index contributed by atoms with van der Waals surface area (Å²) in [5, 5.41) is 2.40. The van der Waals surface area contributed by atoms with E-state index in [0.29, 0.717) is 0 Å². The summed E-state index contributed by atoms with van der Waals surface area (Å²) in [6.07, 6.45) is 2.70. The molecule has 15 heavy (non-hydrogen) atoms. The Hall–Kier alpha value is -1.45. The highest BCUT2D eigenvalue weighted by Crippen LogP contribution is 2.28. The van der Waals surface area contributed by atoms with Crippen molar-refractivity contribution in [2.45, 2.75) is 19.3 Å². The molecule has 1 saturated carbocycles. The normalized spacial score (nSPS) is 15.9. The number of carbonyl (C=O) groups is 1. The van der Waals surface area contributed by atoms with Crippen LogP contribution >= 0.6 is 0 Å². The number of amides is 1. The van der Waals surface area contributed by atoms with E-state index in [1.165, 1.54) is 12.1 Å². The highest BCUT2D eigenvalue weighted by atomic mass is 19.2. The maximum Gasteiger partial charge on any atom is 0.227 e. The molecule has 0 aliphatic heterocycles. The van der Waals surface area contributed by atoms with E-state index in [0.717, 1.165) is 25.3 Å². The molecule has 0 spiro atoms. The number of hydrogen-bond acceptors (Lipinski definition) is 1. The van der Waals surface area contributed by atoms with E-state index in [-0.39, 0.29) is 17.5 Å². The minimum absolute atomic E-state index is 0.0346. The largest absolute Gasteiger partial charge is 0.323 e. The van der Waals surface area contributed by atoms with Crippen molar-refractivity contribution >= 4 is 11.6 Å². The lowest BCUT2D eigenvalue weighted by molar-refractivity contribution is -0.122. The third kappa shape index (κ3) is 1.98. The highest BCUT2D eigenvalue weighted by molar-refractivity contribution is 5.93. The molecule has 1 fully saturated rings. The predicted octanol–water partition coefficient (Wildman–Crippen LogP) is 2.70. The molecule has 0 unspecified atom stereocenters. The monoisotopic (exact) mass is 211 g/mol. The summed E-state index contributed by atoms with van der Waals surface area (Å²) in [6.45, 7) is 0. The third-order valence-corrected chi connectivity index (χ3v) is 2.69. The fourth-order valence-electron chi connectivity index (χ4n) is 1.51. The number of rotatable bonds is 2. The average molecular weight is 211 g/mol. The van der Waals surface area contributed by atoms with Crippen LogP contribution in [-0.2, 0) is 4.79 Å². The molecule has 1 aromatic carbocycles. The summed E-state index contributed by atoms with van der Waals surface area (Å²) < 4.78 is 26.0. The molecule has 1 aliphatic rings. The standard InChI is InChI=1S/C11H11F2NO/c12-8-5-2-6-9(10(8)13)14-11(15)7-3-1-4-7/h2,5-7H,1,3-4H2,(H,14,15). The molecule has 1 N–H and O–H groups in total. The number of anilines is 1. The van der Waals surface area contributed by atoms with Gasteiger partial charge in [-0.1, -0.05) is 12.5 Å². The zero-order valence-electron chi connectivity index (χ0n) is 8.09. The van der Waals surface area contributed by atoms with Crippen molar-refractivity contribution in [3.05, 3.63) is 29.8 Å². The summed E-state index contributed by atoms with van der Waals surface area (Å²) in [6, 6.07) is 3.75. The second-order valence-corrected chi connectivity index (χ2v) is 3.72. The lowest BCUT2D eigenvalue weighted by Crippen LogP contribution is -2.28. The molecule has 1 aliphatic carbocycles. The van der Waals surface area contributed by atoms with Gasteiger partial charge in [0.1, 0.15) is 0 Å². The molecule has 0 saturated heterocycles. The van der Waals surface area contributed by atoms with Gasteiger partial charge in [0.05, 0.1) is 5.69 Å². The van der Waals surface area contributed by atoms with E-state index >= 15 is 0 Å². The zero-order valence-corrected chi connectivity index (χ0v) is 8.09. The minimum Gasteiger partial charge on any atom is -0.323 e. The first-order valence-corrected chi connectivity index (χ1v) is 4.93. The van der Waals surface area contributed by atoms with Gasteiger partial charge >= 0.3 is 0 Å². The van der Waals surface area contributed by atoms with Crippen LogP contribution in [0.3, 0.4) is 0 Å². The SMILES string of the molecule is O=C(Nc1cccc(F)c1F)C1CCC1. The number of nitrogens with one attached hydrogen (secondary N) is 1. The first-order valence-electron chi connectivity index (χ1n) is 4.93. The van der Waals surface area contributed by atoms with E-state index in [1.54, 1.807) is 0 Å². The van der Waals surface area contributed by atoms with Gasteiger partial charge in [-0.15, -0.1) is 0 Å². The topological polar surface area (TPSA) is 29.1 Å². The van der Waals surface area contributed by atoms with E-state index in [1.807, 2.05) is 0 Å². The van der Waals surface area contributed by atoms with E-state index in [2.05, 4.69) is 5.32 Å². The zero-order chi connectivity index (χ0) is 10.8. The fourth-order valence-corrected chi connectivity index (χ4v) is 1.51. The first-order chi connectivity index (χ1) is 7.18. The molecule has 2 nitrogen and oxygen atoms in total. The number of benzene rings is 1. The van der Waals surface area contributed by atoms with Crippen LogP contribution in [0.1, 0.15) is 19.3 Å². The van der Waals surface area contributed by atoms with Crippen molar-refractivity contribution in [1.82, 2.24) is 0 Å². The van der Waals surface area contributed by atoms with Gasteiger partial charge in [-0.05, 0) is 25.0 Å². The second-order valence-electron chi connectivity index (χ2n) is 3.72. The Bertz CT molecular complexity index is 388. The van der Waals surface area contributed by atoms with E-state index in [4.69, 9.17) is 0 Å². The molecule has 1 aromatic rings. The quantitative estimate of drug-likeness (QED) is 0.800. The first kappa shape index (κ1) is 10.1. The molecule has 4 heteroatoms. The van der Waals surface area contributed by atoms with Crippen molar-refractivity contribution in [3.8, 4) is 0 Å². The molecule has 0 heterocycles. The van der Waals surface area contributed by atoms with Crippen molar-refractivity contribution < 1.29 is 13.6 Å². The van der Waals surface area contributed by atoms with Gasteiger partial charge in [0.25, 0.3) is 0 Å². The van der Waals surface area contributed by atoms with Crippen LogP contribution in [0.5, 0.6) is 0 Å². The van der Waals surface area contributed by atoms with Gasteiger partial charge in [-0.2, -0.15) is 0 Å². The number of hydrogen-bond donors (Lipinski definition) is 1. The molecule has 2 rings (SSSR count). The Morgan fingerprint density at radius 2 is 2.07 bits per heavy atom. The fraction of sp³-hybridized carbons (Fsp3) is 0.364. The van der Waals surface area contributed by atoms with Crippen LogP contribution in [0.2, 0.25) is 0 Å². The third-order valence-electron chi connectivity index (χ3n) is 2.69. The molecular weight excluding hydrogens is 200 g/mol. The maximum absolute atomic E-state index is 13.2. The van der Waals surface area contributed by atoms with E-state index in [9.17, 15) is 13.6 Å². The Labute approximate surface area is 86.3 Å². The highest BCUT2D eigenvalue weighted by Gasteiger charge is 2.25. The summed E-state index contributed by atoms with van der Waals surface area (Å²) in [5.41, 5.74) is -0.0769. The van der Waals surface area contributed by atoms with Crippen LogP contribution in [0.4, 0.5) is 14.5 Å². The van der Waals surface area contributed by atoms with Crippen LogP contribution < -0.4 is 5.32 Å². The second kappa shape index (κ2) is 3.96. The van der Waals surface area contributed by atoms with Crippen molar-refractivity contribution in [2.75, 3.05) is 5.32 Å². The average Bonchev–Trinajstić information content (AvgIpc) is 2.10. The summed E-state index contributed by atoms with van der Waals surface area (Å²) in [5.74, 6) is -2.19. The summed E-state index contributed by atoms with van der Waals surface area (Å²) in [7, 11) is 0. The van der Waals surface area contributed by atoms with Gasteiger partial charge in [-0.25, -0.2) is 8.78 Å². The number of carbonyl (C=O) groups excluding carboxylic acids is 1. The van der Waals surface area contributed by atoms with Crippen LogP contribution in [0.15, 0.2) is 18.2 Å². The van der Waals surface area contributed by atoms with Crippen LogP contribution in [0, 0.1) is 17.6 Å². The molecule has 0 atom stereocenters. The predicted molar refractivity (Wildman–Crippen MR) is 52.3 cm³/mol. The molecule has 0 bridgehead atoms. The smallest absolute Gasteiger partial charge is 0.227 e. The molecular formula is C11H11F2NO. The van der Waals surface area contributed by atoms with Crippen molar-refractivity contribution in [1.29, 1.82) is 0 Å². The van der Waals surface area contributed by atoms with Crippen molar-refractivity contribution in [3.63, 3.8) is 0 Å². The van der Waals surface area contributed by atoms with Crippen LogP contribution in [-0.4, -0.2) is 5.91 Å². The lowest BCUT2D eigenvalue weighted by atomic mass is 9.85. The molecule has 80 valence electrons. The van der Waals surface area contributed by atoms with Gasteiger partial charge in [-0.3, -0.25) is 4.79 Å². The Morgan fingerprint density at radius 3 is 2.67 bits per heavy atom. The number of halogens is 2.